The molecular weight excluding hydrogens is 527 g/mol. The predicted octanol–water partition coefficient (Wildman–Crippen LogP) is 4.67. The van der Waals surface area contributed by atoms with Crippen LogP contribution in [0.3, 0.4) is 0 Å². The summed E-state index contributed by atoms with van der Waals surface area (Å²) in [5.74, 6) is 1.70. The Balaban J connectivity index is 0.00000306. The number of aliphatic imine (C=N–C) groups is 1. The molecule has 1 aliphatic heterocycles. The molecule has 172 valence electrons. The summed E-state index contributed by atoms with van der Waals surface area (Å²) in [5.41, 5.74) is 4.32. The number of carbonyl (C=O) groups excluding carboxylic acids is 1. The summed E-state index contributed by atoms with van der Waals surface area (Å²) in [6.45, 7) is 1.75. The highest BCUT2D eigenvalue weighted by atomic mass is 127. The number of anilines is 1. The first-order chi connectivity index (χ1) is 15.7. The van der Waals surface area contributed by atoms with E-state index in [9.17, 15) is 4.79 Å². The van der Waals surface area contributed by atoms with Gasteiger partial charge in [0.05, 0.1) is 0 Å². The first-order valence-electron chi connectivity index (χ1n) is 10.8. The highest BCUT2D eigenvalue weighted by molar-refractivity contribution is 14.0. The van der Waals surface area contributed by atoms with Gasteiger partial charge in [0, 0.05) is 38.2 Å². The molecule has 1 atom stereocenters. The first-order valence-corrected chi connectivity index (χ1v) is 10.8. The van der Waals surface area contributed by atoms with Crippen molar-refractivity contribution in [1.29, 1.82) is 0 Å². The van der Waals surface area contributed by atoms with Gasteiger partial charge in [-0.25, -0.2) is 0 Å². The molecule has 0 fully saturated rings. The molecule has 6 nitrogen and oxygen atoms in total. The summed E-state index contributed by atoms with van der Waals surface area (Å²) >= 11 is 0. The van der Waals surface area contributed by atoms with Crippen molar-refractivity contribution in [2.24, 2.45) is 4.99 Å². The second-order valence-corrected chi connectivity index (χ2v) is 7.71. The predicted molar refractivity (Wildman–Crippen MR) is 143 cm³/mol. The highest BCUT2D eigenvalue weighted by Gasteiger charge is 2.24. The number of hydrogen-bond acceptors (Lipinski definition) is 3. The number of halogens is 1. The molecule has 0 saturated carbocycles. The molecule has 1 heterocycles. The Labute approximate surface area is 211 Å². The van der Waals surface area contributed by atoms with Crippen LogP contribution in [0.1, 0.15) is 29.0 Å². The molecule has 3 aromatic rings. The molecule has 0 spiro atoms. The molecule has 0 saturated heterocycles. The largest absolute Gasteiger partial charge is 0.489 e. The van der Waals surface area contributed by atoms with Gasteiger partial charge in [-0.05, 0) is 34.9 Å². The van der Waals surface area contributed by atoms with Crippen LogP contribution in [-0.2, 0) is 17.9 Å². The molecule has 4 rings (SSSR count). The van der Waals surface area contributed by atoms with Gasteiger partial charge in [-0.2, -0.15) is 0 Å². The minimum atomic E-state index is 0. The average molecular weight is 556 g/mol. The Hall–Kier alpha value is -3.07. The van der Waals surface area contributed by atoms with Gasteiger partial charge in [-0.15, -0.1) is 24.0 Å². The van der Waals surface area contributed by atoms with Crippen molar-refractivity contribution in [3.05, 3.63) is 95.6 Å². The van der Waals surface area contributed by atoms with E-state index in [0.717, 1.165) is 28.1 Å². The van der Waals surface area contributed by atoms with Gasteiger partial charge in [0.2, 0.25) is 5.91 Å². The summed E-state index contributed by atoms with van der Waals surface area (Å²) in [6.07, 6.45) is 0.459. The fraction of sp³-hybridized carbons (Fsp3) is 0.231. The fourth-order valence-electron chi connectivity index (χ4n) is 3.85. The van der Waals surface area contributed by atoms with Crippen LogP contribution in [-0.4, -0.2) is 25.5 Å². The van der Waals surface area contributed by atoms with E-state index in [2.05, 4.69) is 39.1 Å². The normalized spacial score (nSPS) is 15.0. The lowest BCUT2D eigenvalue weighted by Gasteiger charge is -2.26. The van der Waals surface area contributed by atoms with Crippen molar-refractivity contribution in [3.63, 3.8) is 0 Å². The number of nitrogens with zero attached hydrogens (tertiary/aromatic N) is 1. The SMILES string of the molecule is CN=C(NCc1ccccc1COc1ccccc1)NCC1CC(=O)Nc2ccccc21.I. The van der Waals surface area contributed by atoms with E-state index >= 15 is 0 Å². The third-order valence-electron chi connectivity index (χ3n) is 5.55. The maximum absolute atomic E-state index is 12.1. The molecule has 0 aromatic heterocycles. The molecular formula is C26H29IN4O2. The van der Waals surface area contributed by atoms with Gasteiger partial charge < -0.3 is 20.7 Å². The van der Waals surface area contributed by atoms with Crippen LogP contribution in [0.4, 0.5) is 5.69 Å². The Morgan fingerprint density at radius 2 is 1.67 bits per heavy atom. The van der Waals surface area contributed by atoms with Crippen LogP contribution in [0, 0.1) is 0 Å². The number of guanidine groups is 1. The zero-order valence-electron chi connectivity index (χ0n) is 18.6. The summed E-state index contributed by atoms with van der Waals surface area (Å²) in [4.78, 5) is 16.4. The molecule has 0 radical (unpaired) electrons. The second-order valence-electron chi connectivity index (χ2n) is 7.71. The molecule has 1 aliphatic rings. The third-order valence-corrected chi connectivity index (χ3v) is 5.55. The summed E-state index contributed by atoms with van der Waals surface area (Å²) in [6, 6.07) is 26.0. The van der Waals surface area contributed by atoms with Crippen molar-refractivity contribution < 1.29 is 9.53 Å². The molecule has 0 aliphatic carbocycles. The lowest BCUT2D eigenvalue weighted by atomic mass is 9.90. The fourth-order valence-corrected chi connectivity index (χ4v) is 3.85. The lowest BCUT2D eigenvalue weighted by Crippen LogP contribution is -2.40. The first kappa shape index (κ1) is 24.6. The number of fused-ring (bicyclic) bond motifs is 1. The summed E-state index contributed by atoms with van der Waals surface area (Å²) < 4.78 is 5.92. The standard InChI is InChI=1S/C26H28N4O2.HI/c1-27-26(29-17-21-15-25(31)30-24-14-8-7-13-23(21)24)28-16-19-9-5-6-10-20(19)18-32-22-11-3-2-4-12-22;/h2-14,21H,15-18H2,1H3,(H,30,31)(H2,27,28,29);1H. The molecule has 7 heteroatoms. The minimum Gasteiger partial charge on any atom is -0.489 e. The number of hydrogen-bond donors (Lipinski definition) is 3. The molecule has 3 aromatic carbocycles. The van der Waals surface area contributed by atoms with E-state index in [1.165, 1.54) is 0 Å². The van der Waals surface area contributed by atoms with Gasteiger partial charge in [-0.1, -0.05) is 60.7 Å². The van der Waals surface area contributed by atoms with E-state index in [4.69, 9.17) is 4.74 Å². The topological polar surface area (TPSA) is 74.8 Å². The molecule has 1 amide bonds. The summed E-state index contributed by atoms with van der Waals surface area (Å²) in [5, 5.41) is 9.70. The maximum Gasteiger partial charge on any atom is 0.225 e. The van der Waals surface area contributed by atoms with E-state index < -0.39 is 0 Å². The number of nitrogens with one attached hydrogen (secondary N) is 3. The number of rotatable bonds is 7. The Kier molecular flexibility index (Phi) is 9.12. The summed E-state index contributed by atoms with van der Waals surface area (Å²) in [7, 11) is 1.75. The van der Waals surface area contributed by atoms with Gasteiger partial charge in [-0.3, -0.25) is 9.79 Å². The van der Waals surface area contributed by atoms with Crippen LogP contribution in [0.25, 0.3) is 0 Å². The monoisotopic (exact) mass is 556 g/mol. The van der Waals surface area contributed by atoms with E-state index in [0.29, 0.717) is 32.1 Å². The van der Waals surface area contributed by atoms with Crippen LogP contribution in [0.2, 0.25) is 0 Å². The highest BCUT2D eigenvalue weighted by Crippen LogP contribution is 2.31. The van der Waals surface area contributed by atoms with E-state index in [1.54, 1.807) is 7.05 Å². The Morgan fingerprint density at radius 3 is 2.45 bits per heavy atom. The third kappa shape index (κ3) is 6.71. The average Bonchev–Trinajstić information content (AvgIpc) is 2.84. The van der Waals surface area contributed by atoms with Crippen LogP contribution in [0.15, 0.2) is 83.9 Å². The number of benzene rings is 3. The van der Waals surface area contributed by atoms with E-state index in [-0.39, 0.29) is 35.8 Å². The number of para-hydroxylation sites is 2. The van der Waals surface area contributed by atoms with Crippen molar-refractivity contribution in [2.75, 3.05) is 18.9 Å². The lowest BCUT2D eigenvalue weighted by molar-refractivity contribution is -0.116. The molecule has 1 unspecified atom stereocenters. The van der Waals surface area contributed by atoms with Crippen LogP contribution >= 0.6 is 24.0 Å². The minimum absolute atomic E-state index is 0. The quantitative estimate of drug-likeness (QED) is 0.225. The van der Waals surface area contributed by atoms with Crippen LogP contribution < -0.4 is 20.7 Å². The van der Waals surface area contributed by atoms with Gasteiger partial charge in [0.1, 0.15) is 12.4 Å². The van der Waals surface area contributed by atoms with Crippen molar-refractivity contribution in [3.8, 4) is 5.75 Å². The Bertz CT molecular complexity index is 1090. The number of carbonyl (C=O) groups is 1. The zero-order valence-corrected chi connectivity index (χ0v) is 20.9. The number of ether oxygens (including phenoxy) is 1. The van der Waals surface area contributed by atoms with Crippen molar-refractivity contribution in [1.82, 2.24) is 10.6 Å². The smallest absolute Gasteiger partial charge is 0.225 e. The van der Waals surface area contributed by atoms with Gasteiger partial charge in [0.25, 0.3) is 0 Å². The van der Waals surface area contributed by atoms with Gasteiger partial charge >= 0.3 is 0 Å². The molecule has 33 heavy (non-hydrogen) atoms. The van der Waals surface area contributed by atoms with Crippen LogP contribution in [0.5, 0.6) is 5.75 Å². The Morgan fingerprint density at radius 1 is 0.970 bits per heavy atom. The molecule has 3 N–H and O–H groups in total. The van der Waals surface area contributed by atoms with Crippen molar-refractivity contribution in [2.45, 2.75) is 25.5 Å². The number of amides is 1. The van der Waals surface area contributed by atoms with Gasteiger partial charge in [0.15, 0.2) is 5.96 Å². The molecule has 0 bridgehead atoms. The van der Waals surface area contributed by atoms with Crippen molar-refractivity contribution >= 4 is 41.5 Å². The zero-order chi connectivity index (χ0) is 22.2. The maximum atomic E-state index is 12.1. The van der Waals surface area contributed by atoms with E-state index in [1.807, 2.05) is 60.7 Å². The second kappa shape index (κ2) is 12.2.